The van der Waals surface area contributed by atoms with Crippen LogP contribution in [0.3, 0.4) is 0 Å². The van der Waals surface area contributed by atoms with Crippen LogP contribution in [0, 0.1) is 0 Å². The van der Waals surface area contributed by atoms with Crippen molar-refractivity contribution in [2.45, 2.75) is 25.9 Å². The molecular formula is C13H16ClN3O2. The van der Waals surface area contributed by atoms with Crippen molar-refractivity contribution in [3.8, 4) is 0 Å². The number of nitrogens with one attached hydrogen (secondary N) is 1. The molecule has 0 radical (unpaired) electrons. The minimum Gasteiger partial charge on any atom is -0.349 e. The second-order valence-corrected chi connectivity index (χ2v) is 4.86. The number of amides is 2. The smallest absolute Gasteiger partial charge is 0.249 e. The topological polar surface area (TPSA) is 75.4 Å². The zero-order chi connectivity index (χ0) is 14.0. The van der Waals surface area contributed by atoms with Crippen LogP contribution in [0.2, 0.25) is 5.02 Å². The van der Waals surface area contributed by atoms with Crippen molar-refractivity contribution < 1.29 is 9.59 Å². The molecule has 1 atom stereocenters. The molecule has 1 aromatic rings. The number of benzene rings is 1. The largest absolute Gasteiger partial charge is 0.349 e. The van der Waals surface area contributed by atoms with E-state index >= 15 is 0 Å². The summed E-state index contributed by atoms with van der Waals surface area (Å²) in [4.78, 5) is 25.1. The van der Waals surface area contributed by atoms with Crippen LogP contribution < -0.4 is 16.0 Å². The maximum atomic E-state index is 11.8. The second-order valence-electron chi connectivity index (χ2n) is 4.45. The van der Waals surface area contributed by atoms with Crippen LogP contribution in [-0.2, 0) is 16.1 Å². The van der Waals surface area contributed by atoms with Crippen molar-refractivity contribution in [3.63, 3.8) is 0 Å². The first-order chi connectivity index (χ1) is 9.06. The Hall–Kier alpha value is -1.59. The van der Waals surface area contributed by atoms with E-state index in [0.29, 0.717) is 23.7 Å². The van der Waals surface area contributed by atoms with E-state index in [0.717, 1.165) is 5.56 Å². The molecule has 19 heavy (non-hydrogen) atoms. The predicted octanol–water partition coefficient (Wildman–Crippen LogP) is 1.04. The summed E-state index contributed by atoms with van der Waals surface area (Å²) in [5, 5.41) is 2.84. The van der Waals surface area contributed by atoms with Gasteiger partial charge in [0.1, 0.15) is 6.04 Å². The fourth-order valence-corrected chi connectivity index (χ4v) is 2.55. The highest BCUT2D eigenvalue weighted by atomic mass is 35.5. The monoisotopic (exact) mass is 281 g/mol. The lowest BCUT2D eigenvalue weighted by molar-refractivity contribution is -0.132. The molecule has 1 heterocycles. The Morgan fingerprint density at radius 3 is 2.79 bits per heavy atom. The van der Waals surface area contributed by atoms with Crippen LogP contribution in [0.4, 0.5) is 5.69 Å². The van der Waals surface area contributed by atoms with Crippen LogP contribution in [0.5, 0.6) is 0 Å². The van der Waals surface area contributed by atoms with E-state index in [2.05, 4.69) is 5.32 Å². The van der Waals surface area contributed by atoms with Gasteiger partial charge in [0, 0.05) is 6.54 Å². The number of carbonyl (C=O) groups excluding carboxylic acids is 2. The van der Waals surface area contributed by atoms with Crippen molar-refractivity contribution in [2.75, 3.05) is 11.4 Å². The van der Waals surface area contributed by atoms with Crippen molar-refractivity contribution in [1.29, 1.82) is 0 Å². The van der Waals surface area contributed by atoms with Crippen LogP contribution >= 0.6 is 11.6 Å². The number of halogens is 1. The summed E-state index contributed by atoms with van der Waals surface area (Å²) in [5.41, 5.74) is 7.15. The zero-order valence-corrected chi connectivity index (χ0v) is 11.4. The molecule has 2 amide bonds. The number of anilines is 1. The molecule has 1 aliphatic heterocycles. The highest BCUT2D eigenvalue weighted by Gasteiger charge is 2.33. The fraction of sp³-hybridized carbons (Fsp3) is 0.385. The summed E-state index contributed by atoms with van der Waals surface area (Å²) in [6, 6.07) is 5.05. The Bertz CT molecular complexity index is 519. The number of carbonyl (C=O) groups is 2. The summed E-state index contributed by atoms with van der Waals surface area (Å²) >= 11 is 6.22. The van der Waals surface area contributed by atoms with Gasteiger partial charge >= 0.3 is 0 Å². The SMILES string of the molecule is CCC1C(=O)NC(=O)CN1c1ccc(CN)cc1Cl. The predicted molar refractivity (Wildman–Crippen MR) is 73.9 cm³/mol. The first-order valence-corrected chi connectivity index (χ1v) is 6.53. The van der Waals surface area contributed by atoms with Crippen molar-refractivity contribution >= 4 is 29.1 Å². The first-order valence-electron chi connectivity index (χ1n) is 6.15. The van der Waals surface area contributed by atoms with E-state index in [9.17, 15) is 9.59 Å². The number of piperazine rings is 1. The Balaban J connectivity index is 2.37. The van der Waals surface area contributed by atoms with E-state index in [1.807, 2.05) is 13.0 Å². The number of hydrogen-bond acceptors (Lipinski definition) is 4. The molecule has 0 aromatic heterocycles. The highest BCUT2D eigenvalue weighted by molar-refractivity contribution is 6.33. The molecule has 0 saturated carbocycles. The molecule has 5 nitrogen and oxygen atoms in total. The molecule has 0 spiro atoms. The maximum Gasteiger partial charge on any atom is 0.249 e. The van der Waals surface area contributed by atoms with Gasteiger partial charge in [-0.15, -0.1) is 0 Å². The lowest BCUT2D eigenvalue weighted by Crippen LogP contribution is -2.58. The summed E-state index contributed by atoms with van der Waals surface area (Å²) in [6.07, 6.45) is 0.605. The van der Waals surface area contributed by atoms with Gasteiger partial charge in [0.2, 0.25) is 11.8 Å². The van der Waals surface area contributed by atoms with Crippen molar-refractivity contribution in [2.24, 2.45) is 5.73 Å². The lowest BCUT2D eigenvalue weighted by Gasteiger charge is -2.35. The zero-order valence-electron chi connectivity index (χ0n) is 10.6. The van der Waals surface area contributed by atoms with Crippen molar-refractivity contribution in [1.82, 2.24) is 5.32 Å². The summed E-state index contributed by atoms with van der Waals surface area (Å²) in [5.74, 6) is -0.591. The molecule has 1 aliphatic rings. The number of nitrogens with two attached hydrogens (primary N) is 1. The molecule has 6 heteroatoms. The molecule has 1 unspecified atom stereocenters. The summed E-state index contributed by atoms with van der Waals surface area (Å²) in [7, 11) is 0. The number of imide groups is 1. The van der Waals surface area contributed by atoms with Crippen LogP contribution in [0.1, 0.15) is 18.9 Å². The van der Waals surface area contributed by atoms with Gasteiger partial charge in [-0.2, -0.15) is 0 Å². The molecule has 102 valence electrons. The third-order valence-electron chi connectivity index (χ3n) is 3.20. The average molecular weight is 282 g/mol. The number of nitrogens with zero attached hydrogens (tertiary/aromatic N) is 1. The van der Waals surface area contributed by atoms with Gasteiger partial charge in [-0.25, -0.2) is 0 Å². The molecule has 3 N–H and O–H groups in total. The maximum absolute atomic E-state index is 11.8. The minimum absolute atomic E-state index is 0.131. The highest BCUT2D eigenvalue weighted by Crippen LogP contribution is 2.30. The Kier molecular flexibility index (Phi) is 4.07. The Labute approximate surface area is 116 Å². The van der Waals surface area contributed by atoms with E-state index in [-0.39, 0.29) is 24.4 Å². The van der Waals surface area contributed by atoms with Gasteiger partial charge in [-0.1, -0.05) is 24.6 Å². The van der Waals surface area contributed by atoms with Gasteiger partial charge in [0.05, 0.1) is 17.3 Å². The van der Waals surface area contributed by atoms with Crippen LogP contribution in [0.15, 0.2) is 18.2 Å². The van der Waals surface area contributed by atoms with E-state index in [1.54, 1.807) is 17.0 Å². The molecule has 2 rings (SSSR count). The molecule has 1 fully saturated rings. The average Bonchev–Trinajstić information content (AvgIpc) is 2.37. The third-order valence-corrected chi connectivity index (χ3v) is 3.50. The third kappa shape index (κ3) is 2.72. The molecule has 0 aliphatic carbocycles. The van der Waals surface area contributed by atoms with Crippen LogP contribution in [-0.4, -0.2) is 24.4 Å². The van der Waals surface area contributed by atoms with Gasteiger partial charge < -0.3 is 10.6 Å². The first kappa shape index (κ1) is 13.8. The fourth-order valence-electron chi connectivity index (χ4n) is 2.24. The quantitative estimate of drug-likeness (QED) is 0.812. The van der Waals surface area contributed by atoms with E-state index < -0.39 is 0 Å². The van der Waals surface area contributed by atoms with Gasteiger partial charge in [-0.3, -0.25) is 14.9 Å². The standard InChI is InChI=1S/C13H16ClN3O2/c1-2-10-13(19)16-12(18)7-17(10)11-4-3-8(6-15)5-9(11)14/h3-5,10H,2,6-7,15H2,1H3,(H,16,18,19). The van der Waals surface area contributed by atoms with E-state index in [1.165, 1.54) is 0 Å². The molecule has 0 bridgehead atoms. The van der Waals surface area contributed by atoms with Crippen molar-refractivity contribution in [3.05, 3.63) is 28.8 Å². The van der Waals surface area contributed by atoms with Crippen LogP contribution in [0.25, 0.3) is 0 Å². The number of hydrogen-bond donors (Lipinski definition) is 2. The molecule has 1 aromatic carbocycles. The Morgan fingerprint density at radius 2 is 2.21 bits per heavy atom. The number of rotatable bonds is 3. The van der Waals surface area contributed by atoms with Gasteiger partial charge in [-0.05, 0) is 24.1 Å². The molecular weight excluding hydrogens is 266 g/mol. The van der Waals surface area contributed by atoms with E-state index in [4.69, 9.17) is 17.3 Å². The van der Waals surface area contributed by atoms with Gasteiger partial charge in [0.15, 0.2) is 0 Å². The minimum atomic E-state index is -0.376. The van der Waals surface area contributed by atoms with Gasteiger partial charge in [0.25, 0.3) is 0 Å². The summed E-state index contributed by atoms with van der Waals surface area (Å²) < 4.78 is 0. The summed E-state index contributed by atoms with van der Waals surface area (Å²) in [6.45, 7) is 2.43. The normalized spacial score (nSPS) is 19.5. The second kappa shape index (κ2) is 5.59. The lowest BCUT2D eigenvalue weighted by atomic mass is 10.1. The Morgan fingerprint density at radius 1 is 1.47 bits per heavy atom. The molecule has 1 saturated heterocycles.